The molecule has 2 fully saturated rings. The molecule has 1 aliphatic carbocycles. The molecule has 6 nitrogen and oxygen atoms in total. The number of hydrogen-bond donors (Lipinski definition) is 0. The lowest BCUT2D eigenvalue weighted by atomic mass is 9.86. The molecule has 2 saturated heterocycles. The van der Waals surface area contributed by atoms with Crippen LogP contribution in [0.25, 0.3) is 0 Å². The van der Waals surface area contributed by atoms with Gasteiger partial charge >= 0.3 is 0 Å². The van der Waals surface area contributed by atoms with E-state index < -0.39 is 0 Å². The van der Waals surface area contributed by atoms with Crippen molar-refractivity contribution in [2.24, 2.45) is 5.92 Å². The maximum absolute atomic E-state index is 13.3. The minimum Gasteiger partial charge on any atom is -0.378 e. The number of aromatic nitrogens is 2. The number of nitrogens with zero attached hydrogens (tertiary/aromatic N) is 4. The first kappa shape index (κ1) is 22.4. The minimum absolute atomic E-state index is 0.0691. The van der Waals surface area contributed by atoms with Crippen LogP contribution in [0, 0.1) is 5.92 Å². The van der Waals surface area contributed by atoms with E-state index in [1.807, 2.05) is 15.7 Å². The molecular weight excluding hydrogens is 412 g/mol. The molecule has 2 aromatic rings. The third-order valence-corrected chi connectivity index (χ3v) is 7.66. The van der Waals surface area contributed by atoms with Crippen molar-refractivity contribution in [1.29, 1.82) is 0 Å². The third kappa shape index (κ3) is 4.92. The number of benzene rings is 1. The average Bonchev–Trinajstić information content (AvgIpc) is 3.23. The number of fused-ring (bicyclic) bond motifs is 1. The highest BCUT2D eigenvalue weighted by Crippen LogP contribution is 2.31. The number of likely N-dealkylation sites (tertiary alicyclic amines) is 1. The molecule has 0 N–H and O–H groups in total. The van der Waals surface area contributed by atoms with Crippen LogP contribution in [0.1, 0.15) is 46.6 Å². The van der Waals surface area contributed by atoms with E-state index in [4.69, 9.17) is 9.84 Å². The Morgan fingerprint density at radius 3 is 2.58 bits per heavy atom. The van der Waals surface area contributed by atoms with Gasteiger partial charge in [0.25, 0.3) is 5.91 Å². The molecule has 0 radical (unpaired) electrons. The predicted molar refractivity (Wildman–Crippen MR) is 129 cm³/mol. The number of rotatable bonds is 6. The molecule has 1 amide bonds. The van der Waals surface area contributed by atoms with Gasteiger partial charge in [0, 0.05) is 30.4 Å². The lowest BCUT2D eigenvalue weighted by Gasteiger charge is -2.39. The summed E-state index contributed by atoms with van der Waals surface area (Å²) in [6.07, 6.45) is 8.64. The van der Waals surface area contributed by atoms with Gasteiger partial charge in [-0.05, 0) is 63.1 Å². The lowest BCUT2D eigenvalue weighted by Crippen LogP contribution is -2.45. The number of ether oxygens (including phenoxy) is 1. The molecule has 6 heteroatoms. The van der Waals surface area contributed by atoms with E-state index in [1.54, 1.807) is 0 Å². The molecule has 0 unspecified atom stereocenters. The van der Waals surface area contributed by atoms with Crippen LogP contribution in [0.5, 0.6) is 0 Å². The van der Waals surface area contributed by atoms with Crippen molar-refractivity contribution < 1.29 is 9.53 Å². The van der Waals surface area contributed by atoms with E-state index >= 15 is 0 Å². The fraction of sp³-hybridized carbons (Fsp3) is 0.556. The van der Waals surface area contributed by atoms with Gasteiger partial charge in [0.15, 0.2) is 5.69 Å². The van der Waals surface area contributed by atoms with Gasteiger partial charge in [-0.1, -0.05) is 36.4 Å². The van der Waals surface area contributed by atoms with Gasteiger partial charge in [0.1, 0.15) is 0 Å². The summed E-state index contributed by atoms with van der Waals surface area (Å²) in [6.45, 7) is 9.40. The van der Waals surface area contributed by atoms with Crippen LogP contribution in [-0.4, -0.2) is 70.9 Å². The molecule has 0 bridgehead atoms. The topological polar surface area (TPSA) is 50.6 Å². The normalized spacial score (nSPS) is 22.2. The lowest BCUT2D eigenvalue weighted by molar-refractivity contribution is 0.0297. The Bertz CT molecular complexity index is 956. The molecule has 1 aromatic carbocycles. The minimum atomic E-state index is 0.0691. The van der Waals surface area contributed by atoms with Crippen LogP contribution in [0.3, 0.4) is 0 Å². The summed E-state index contributed by atoms with van der Waals surface area (Å²) < 4.78 is 7.46. The van der Waals surface area contributed by atoms with Crippen LogP contribution >= 0.6 is 0 Å². The standard InChI is InChI=1S/C27H36N4O2/c1-2-12-31-25-9-8-23(20-24(25)26(28-31)27(32)30-15-17-33-18-16-30)29-13-10-22(11-14-29)19-21-6-4-3-5-7-21/h2-7,22-23H,1,8-20H2/t23-/m0/s1. The first-order valence-electron chi connectivity index (χ1n) is 12.6. The molecule has 0 spiro atoms. The average molecular weight is 449 g/mol. The number of piperidine rings is 1. The number of carbonyl (C=O) groups is 1. The maximum Gasteiger partial charge on any atom is 0.274 e. The zero-order chi connectivity index (χ0) is 22.6. The third-order valence-electron chi connectivity index (χ3n) is 7.66. The van der Waals surface area contributed by atoms with E-state index in [0.717, 1.165) is 38.3 Å². The van der Waals surface area contributed by atoms with Crippen molar-refractivity contribution in [2.45, 2.75) is 51.1 Å². The van der Waals surface area contributed by atoms with E-state index in [2.05, 4.69) is 41.8 Å². The molecule has 176 valence electrons. The largest absolute Gasteiger partial charge is 0.378 e. The summed E-state index contributed by atoms with van der Waals surface area (Å²) in [6, 6.07) is 11.4. The molecule has 5 rings (SSSR count). The molecular formula is C27H36N4O2. The van der Waals surface area contributed by atoms with Crippen molar-refractivity contribution >= 4 is 5.91 Å². The van der Waals surface area contributed by atoms with Gasteiger partial charge in [-0.3, -0.25) is 9.48 Å². The molecule has 3 heterocycles. The maximum atomic E-state index is 13.3. The Kier molecular flexibility index (Phi) is 6.93. The Balaban J connectivity index is 1.27. The highest BCUT2D eigenvalue weighted by molar-refractivity contribution is 5.94. The van der Waals surface area contributed by atoms with Gasteiger partial charge in [-0.25, -0.2) is 0 Å². The fourth-order valence-electron chi connectivity index (χ4n) is 5.81. The molecule has 1 aromatic heterocycles. The molecule has 0 saturated carbocycles. The van der Waals surface area contributed by atoms with Crippen LogP contribution in [0.4, 0.5) is 0 Å². The van der Waals surface area contributed by atoms with E-state index in [0.29, 0.717) is 44.6 Å². The number of hydrogen-bond acceptors (Lipinski definition) is 4. The zero-order valence-electron chi connectivity index (χ0n) is 19.6. The van der Waals surface area contributed by atoms with Crippen molar-refractivity contribution in [3.8, 4) is 0 Å². The van der Waals surface area contributed by atoms with Crippen molar-refractivity contribution in [1.82, 2.24) is 19.6 Å². The number of allylic oxidation sites excluding steroid dienone is 1. The molecule has 3 aliphatic rings. The number of morpholine rings is 1. The molecule has 2 aliphatic heterocycles. The second-order valence-corrected chi connectivity index (χ2v) is 9.71. The molecule has 1 atom stereocenters. The van der Waals surface area contributed by atoms with Crippen LogP contribution < -0.4 is 0 Å². The Morgan fingerprint density at radius 2 is 1.85 bits per heavy atom. The zero-order valence-corrected chi connectivity index (χ0v) is 19.6. The van der Waals surface area contributed by atoms with Crippen molar-refractivity contribution in [2.75, 3.05) is 39.4 Å². The fourth-order valence-corrected chi connectivity index (χ4v) is 5.81. The Morgan fingerprint density at radius 1 is 1.09 bits per heavy atom. The van der Waals surface area contributed by atoms with Crippen molar-refractivity contribution in [3.63, 3.8) is 0 Å². The van der Waals surface area contributed by atoms with Gasteiger partial charge in [-0.15, -0.1) is 6.58 Å². The summed E-state index contributed by atoms with van der Waals surface area (Å²) in [5.41, 5.74) is 4.54. The highest BCUT2D eigenvalue weighted by Gasteiger charge is 2.34. The summed E-state index contributed by atoms with van der Waals surface area (Å²) in [7, 11) is 0. The summed E-state index contributed by atoms with van der Waals surface area (Å²) in [4.78, 5) is 17.9. The first-order chi connectivity index (χ1) is 16.2. The second-order valence-electron chi connectivity index (χ2n) is 9.71. The second kappa shape index (κ2) is 10.2. The number of carbonyl (C=O) groups excluding carboxylic acids is 1. The molecule has 33 heavy (non-hydrogen) atoms. The van der Waals surface area contributed by atoms with Crippen molar-refractivity contribution in [3.05, 3.63) is 65.5 Å². The summed E-state index contributed by atoms with van der Waals surface area (Å²) in [5, 5.41) is 4.79. The summed E-state index contributed by atoms with van der Waals surface area (Å²) in [5.74, 6) is 0.844. The predicted octanol–water partition coefficient (Wildman–Crippen LogP) is 3.35. The monoisotopic (exact) mass is 448 g/mol. The number of amides is 1. The Labute approximate surface area is 197 Å². The highest BCUT2D eigenvalue weighted by atomic mass is 16.5. The Hall–Kier alpha value is -2.44. The van der Waals surface area contributed by atoms with Crippen LogP contribution in [0.15, 0.2) is 43.0 Å². The SMILES string of the molecule is C=CCn1nc(C(=O)N2CCOCC2)c2c1CC[C@H](N1CCC(Cc3ccccc3)CC1)C2. The van der Waals surface area contributed by atoms with E-state index in [-0.39, 0.29) is 5.91 Å². The van der Waals surface area contributed by atoms with E-state index in [9.17, 15) is 4.79 Å². The quantitative estimate of drug-likeness (QED) is 0.636. The smallest absolute Gasteiger partial charge is 0.274 e. The van der Waals surface area contributed by atoms with Gasteiger partial charge < -0.3 is 14.5 Å². The first-order valence-corrected chi connectivity index (χ1v) is 12.6. The van der Waals surface area contributed by atoms with Crippen LogP contribution in [-0.2, 0) is 30.5 Å². The van der Waals surface area contributed by atoms with E-state index in [1.165, 1.54) is 36.1 Å². The summed E-state index contributed by atoms with van der Waals surface area (Å²) >= 11 is 0. The van der Waals surface area contributed by atoms with Gasteiger partial charge in [0.05, 0.1) is 19.8 Å². The van der Waals surface area contributed by atoms with Gasteiger partial charge in [0.2, 0.25) is 0 Å². The van der Waals surface area contributed by atoms with Crippen LogP contribution in [0.2, 0.25) is 0 Å². The van der Waals surface area contributed by atoms with Gasteiger partial charge in [-0.2, -0.15) is 5.10 Å².